The van der Waals surface area contributed by atoms with Crippen molar-refractivity contribution in [1.82, 2.24) is 0 Å². The Labute approximate surface area is 89.9 Å². The molecule has 0 aliphatic rings. The molecule has 3 N–H and O–H groups in total. The lowest BCUT2D eigenvalue weighted by Gasteiger charge is -2.13. The molecule has 0 saturated carbocycles. The van der Waals surface area contributed by atoms with Gasteiger partial charge in [-0.2, -0.15) is 0 Å². The molecule has 3 heteroatoms. The number of hydrogen-bond donors (Lipinski definition) is 2. The lowest BCUT2D eigenvalue weighted by Crippen LogP contribution is -2.12. The molecule has 0 radical (unpaired) electrons. The van der Waals surface area contributed by atoms with E-state index in [-0.39, 0.29) is 24.4 Å². The summed E-state index contributed by atoms with van der Waals surface area (Å²) in [6.45, 7) is 3.92. The van der Waals surface area contributed by atoms with Gasteiger partial charge in [0.05, 0.1) is 0 Å². The highest BCUT2D eigenvalue weighted by atomic mass is 19.1. The van der Waals surface area contributed by atoms with Gasteiger partial charge < -0.3 is 10.8 Å². The summed E-state index contributed by atoms with van der Waals surface area (Å²) in [7, 11) is 0. The van der Waals surface area contributed by atoms with Gasteiger partial charge in [-0.25, -0.2) is 4.39 Å². The molecule has 0 spiro atoms. The first-order valence-electron chi connectivity index (χ1n) is 5.22. The summed E-state index contributed by atoms with van der Waals surface area (Å²) >= 11 is 0. The van der Waals surface area contributed by atoms with Crippen molar-refractivity contribution in [3.8, 4) is 0 Å². The van der Waals surface area contributed by atoms with Gasteiger partial charge in [0.25, 0.3) is 0 Å². The van der Waals surface area contributed by atoms with Crippen LogP contribution in [0, 0.1) is 5.82 Å². The van der Waals surface area contributed by atoms with Gasteiger partial charge in [-0.3, -0.25) is 0 Å². The molecule has 84 valence electrons. The number of aliphatic hydroxyl groups is 1. The van der Waals surface area contributed by atoms with Crippen molar-refractivity contribution in [3.63, 3.8) is 0 Å². The van der Waals surface area contributed by atoms with Crippen LogP contribution in [0.25, 0.3) is 0 Å². The molecule has 0 bridgehead atoms. The van der Waals surface area contributed by atoms with Crippen molar-refractivity contribution in [2.24, 2.45) is 5.73 Å². The number of halogens is 1. The Hall–Kier alpha value is -0.930. The SMILES string of the molecule is CC(C)c1ccc(C(N)CCO)cc1F. The third-order valence-electron chi connectivity index (χ3n) is 2.51. The highest BCUT2D eigenvalue weighted by Crippen LogP contribution is 2.22. The molecular formula is C12H18FNO. The Morgan fingerprint density at radius 2 is 2.07 bits per heavy atom. The Kier molecular flexibility index (Phi) is 4.24. The monoisotopic (exact) mass is 211 g/mol. The molecule has 0 aliphatic carbocycles. The fourth-order valence-corrected chi connectivity index (χ4v) is 1.55. The molecule has 0 amide bonds. The summed E-state index contributed by atoms with van der Waals surface area (Å²) in [5, 5.41) is 8.74. The minimum absolute atomic E-state index is 0.0225. The van der Waals surface area contributed by atoms with Gasteiger partial charge in [-0.1, -0.05) is 26.0 Å². The molecular weight excluding hydrogens is 193 g/mol. The van der Waals surface area contributed by atoms with E-state index >= 15 is 0 Å². The third kappa shape index (κ3) is 3.01. The standard InChI is InChI=1S/C12H18FNO/c1-8(2)10-4-3-9(7-11(10)13)12(14)5-6-15/h3-4,7-8,12,15H,5-6,14H2,1-2H3. The average Bonchev–Trinajstić information content (AvgIpc) is 2.17. The van der Waals surface area contributed by atoms with Crippen LogP contribution in [-0.4, -0.2) is 11.7 Å². The van der Waals surface area contributed by atoms with Gasteiger partial charge >= 0.3 is 0 Å². The van der Waals surface area contributed by atoms with Crippen molar-refractivity contribution in [3.05, 3.63) is 35.1 Å². The fraction of sp³-hybridized carbons (Fsp3) is 0.500. The van der Waals surface area contributed by atoms with E-state index in [1.165, 1.54) is 6.07 Å². The Morgan fingerprint density at radius 1 is 1.40 bits per heavy atom. The van der Waals surface area contributed by atoms with Crippen molar-refractivity contribution < 1.29 is 9.50 Å². The Morgan fingerprint density at radius 3 is 2.53 bits per heavy atom. The van der Waals surface area contributed by atoms with Crippen LogP contribution in [0.15, 0.2) is 18.2 Å². The van der Waals surface area contributed by atoms with Crippen LogP contribution in [0.4, 0.5) is 4.39 Å². The van der Waals surface area contributed by atoms with Crippen LogP contribution in [0.1, 0.15) is 43.4 Å². The molecule has 1 unspecified atom stereocenters. The number of aliphatic hydroxyl groups excluding tert-OH is 1. The zero-order valence-corrected chi connectivity index (χ0v) is 9.20. The number of rotatable bonds is 4. The summed E-state index contributed by atoms with van der Waals surface area (Å²) in [6, 6.07) is 4.78. The first-order chi connectivity index (χ1) is 7.06. The van der Waals surface area contributed by atoms with E-state index in [4.69, 9.17) is 10.8 Å². The molecule has 0 aromatic heterocycles. The molecule has 1 aromatic rings. The average molecular weight is 211 g/mol. The molecule has 15 heavy (non-hydrogen) atoms. The lowest BCUT2D eigenvalue weighted by atomic mass is 9.97. The minimum atomic E-state index is -0.286. The predicted molar refractivity (Wildman–Crippen MR) is 59.1 cm³/mol. The zero-order chi connectivity index (χ0) is 11.4. The largest absolute Gasteiger partial charge is 0.396 e. The Balaban J connectivity index is 2.91. The second-order valence-electron chi connectivity index (χ2n) is 4.05. The van der Waals surface area contributed by atoms with Gasteiger partial charge in [0, 0.05) is 12.6 Å². The molecule has 2 nitrogen and oxygen atoms in total. The second-order valence-corrected chi connectivity index (χ2v) is 4.05. The molecule has 0 heterocycles. The van der Waals surface area contributed by atoms with Crippen LogP contribution in [0.5, 0.6) is 0 Å². The molecule has 0 aliphatic heterocycles. The number of hydrogen-bond acceptors (Lipinski definition) is 2. The van der Waals surface area contributed by atoms with Gasteiger partial charge in [0.2, 0.25) is 0 Å². The van der Waals surface area contributed by atoms with E-state index in [1.54, 1.807) is 6.07 Å². The highest BCUT2D eigenvalue weighted by Gasteiger charge is 2.10. The zero-order valence-electron chi connectivity index (χ0n) is 9.20. The van der Waals surface area contributed by atoms with E-state index in [2.05, 4.69) is 0 Å². The third-order valence-corrected chi connectivity index (χ3v) is 2.51. The van der Waals surface area contributed by atoms with Gasteiger partial charge in [0.1, 0.15) is 5.82 Å². The van der Waals surface area contributed by atoms with E-state index in [9.17, 15) is 4.39 Å². The molecule has 1 rings (SSSR count). The van der Waals surface area contributed by atoms with E-state index in [0.717, 1.165) is 5.56 Å². The fourth-order valence-electron chi connectivity index (χ4n) is 1.55. The van der Waals surface area contributed by atoms with Gasteiger partial charge in [-0.15, -0.1) is 0 Å². The van der Waals surface area contributed by atoms with E-state index < -0.39 is 0 Å². The Bertz CT molecular complexity index is 325. The maximum Gasteiger partial charge on any atom is 0.126 e. The van der Waals surface area contributed by atoms with Gasteiger partial charge in [-0.05, 0) is 29.5 Å². The van der Waals surface area contributed by atoms with Crippen molar-refractivity contribution >= 4 is 0 Å². The van der Waals surface area contributed by atoms with Crippen LogP contribution in [0.3, 0.4) is 0 Å². The summed E-state index contributed by atoms with van der Waals surface area (Å²) in [5.74, 6) is -0.0380. The molecule has 0 saturated heterocycles. The highest BCUT2D eigenvalue weighted by molar-refractivity contribution is 5.28. The minimum Gasteiger partial charge on any atom is -0.396 e. The van der Waals surface area contributed by atoms with E-state index in [0.29, 0.717) is 12.0 Å². The maximum atomic E-state index is 13.6. The summed E-state index contributed by atoms with van der Waals surface area (Å²) in [4.78, 5) is 0. The van der Waals surface area contributed by atoms with Crippen molar-refractivity contribution in [2.45, 2.75) is 32.2 Å². The number of nitrogens with two attached hydrogens (primary N) is 1. The lowest BCUT2D eigenvalue weighted by molar-refractivity contribution is 0.276. The summed E-state index contributed by atoms with van der Waals surface area (Å²) < 4.78 is 13.6. The van der Waals surface area contributed by atoms with Crippen LogP contribution in [-0.2, 0) is 0 Å². The van der Waals surface area contributed by atoms with Crippen LogP contribution < -0.4 is 5.73 Å². The first kappa shape index (κ1) is 12.1. The number of benzene rings is 1. The molecule has 1 atom stereocenters. The maximum absolute atomic E-state index is 13.6. The predicted octanol–water partition coefficient (Wildman–Crippen LogP) is 2.33. The summed E-state index contributed by atoms with van der Waals surface area (Å²) in [6.07, 6.45) is 0.459. The van der Waals surface area contributed by atoms with Crippen LogP contribution >= 0.6 is 0 Å². The topological polar surface area (TPSA) is 46.2 Å². The second kappa shape index (κ2) is 5.24. The van der Waals surface area contributed by atoms with Gasteiger partial charge in [0.15, 0.2) is 0 Å². The normalized spacial score (nSPS) is 13.2. The van der Waals surface area contributed by atoms with Crippen molar-refractivity contribution in [2.75, 3.05) is 6.61 Å². The first-order valence-corrected chi connectivity index (χ1v) is 5.22. The van der Waals surface area contributed by atoms with Crippen molar-refractivity contribution in [1.29, 1.82) is 0 Å². The summed E-state index contributed by atoms with van der Waals surface area (Å²) in [5.41, 5.74) is 7.22. The quantitative estimate of drug-likeness (QED) is 0.803. The molecule has 0 fully saturated rings. The molecule has 1 aromatic carbocycles. The van der Waals surface area contributed by atoms with E-state index in [1.807, 2.05) is 19.9 Å². The smallest absolute Gasteiger partial charge is 0.126 e. The van der Waals surface area contributed by atoms with Crippen LogP contribution in [0.2, 0.25) is 0 Å².